The number of rotatable bonds is 20. The van der Waals surface area contributed by atoms with Gasteiger partial charge in [0.1, 0.15) is 18.7 Å². The number of imide groups is 1. The molecule has 266 valence electrons. The van der Waals surface area contributed by atoms with Crippen molar-refractivity contribution in [3.05, 3.63) is 29.8 Å². The zero-order valence-electron chi connectivity index (χ0n) is 28.1. The first-order valence-electron chi connectivity index (χ1n) is 16.2. The number of hydrogen-bond donors (Lipinski definition) is 6. The number of amides is 8. The quantitative estimate of drug-likeness (QED) is 0.0869. The average Bonchev–Trinajstić information content (AvgIpc) is 3.32. The van der Waals surface area contributed by atoms with Crippen molar-refractivity contribution >= 4 is 59.1 Å². The van der Waals surface area contributed by atoms with E-state index in [9.17, 15) is 33.6 Å². The minimum Gasteiger partial charge on any atom is -0.445 e. The highest BCUT2D eigenvalue weighted by Crippen LogP contribution is 2.23. The molecule has 48 heavy (non-hydrogen) atoms. The SMILES string of the molecule is CCNC(=O)OCc1ccc(NC(=O)[C@H](CCCNC(N)=O)NC(=O)[C@@H](NC(=O)CCCCCN2C(=O)CC(SC)C2=O)C(C)C)cc1. The standard InChI is InChI=1S/C32H49N7O8S/c1-5-34-32(46)47-19-21-12-14-22(15-13-21)36-28(42)23(10-9-16-35-31(33)45)37-29(43)27(20(2)3)38-25(40)11-7-6-8-17-39-26(41)18-24(48-4)30(39)44/h12-15,20,23-24,27H,5-11,16-19H2,1-4H3,(H,34,46)(H,36,42)(H,37,43)(H,38,40)(H3,33,35,45)/t23-,24?,27-/m0/s1. The van der Waals surface area contributed by atoms with Crippen LogP contribution in [0.5, 0.6) is 0 Å². The number of unbranched alkanes of at least 4 members (excludes halogenated alkanes) is 2. The molecule has 1 aromatic rings. The molecule has 0 aromatic heterocycles. The van der Waals surface area contributed by atoms with Gasteiger partial charge in [-0.25, -0.2) is 9.59 Å². The van der Waals surface area contributed by atoms with Crippen LogP contribution >= 0.6 is 11.8 Å². The van der Waals surface area contributed by atoms with Crippen LogP contribution in [0.3, 0.4) is 0 Å². The predicted molar refractivity (Wildman–Crippen MR) is 182 cm³/mol. The summed E-state index contributed by atoms with van der Waals surface area (Å²) in [5.41, 5.74) is 6.30. The number of nitrogens with zero attached hydrogens (tertiary/aromatic N) is 1. The van der Waals surface area contributed by atoms with E-state index in [0.29, 0.717) is 50.0 Å². The van der Waals surface area contributed by atoms with E-state index in [2.05, 4.69) is 26.6 Å². The molecular formula is C32H49N7O8S. The summed E-state index contributed by atoms with van der Waals surface area (Å²) in [6, 6.07) is 4.05. The largest absolute Gasteiger partial charge is 0.445 e. The molecule has 3 atom stereocenters. The number of nitrogens with one attached hydrogen (secondary N) is 5. The van der Waals surface area contributed by atoms with Crippen LogP contribution < -0.4 is 32.3 Å². The number of carbonyl (C=O) groups is 7. The highest BCUT2D eigenvalue weighted by molar-refractivity contribution is 8.00. The third-order valence-electron chi connectivity index (χ3n) is 7.55. The first-order chi connectivity index (χ1) is 22.9. The molecule has 2 rings (SSSR count). The zero-order chi connectivity index (χ0) is 35.6. The lowest BCUT2D eigenvalue weighted by Crippen LogP contribution is -2.54. The van der Waals surface area contributed by atoms with Crippen LogP contribution in [0, 0.1) is 5.92 Å². The summed E-state index contributed by atoms with van der Waals surface area (Å²) in [7, 11) is 0. The highest BCUT2D eigenvalue weighted by atomic mass is 32.2. The van der Waals surface area contributed by atoms with Gasteiger partial charge in [0, 0.05) is 38.2 Å². The zero-order valence-corrected chi connectivity index (χ0v) is 28.9. The van der Waals surface area contributed by atoms with Gasteiger partial charge in [-0.2, -0.15) is 11.8 Å². The van der Waals surface area contributed by atoms with E-state index in [4.69, 9.17) is 10.5 Å². The van der Waals surface area contributed by atoms with Gasteiger partial charge in [-0.3, -0.25) is 28.9 Å². The second-order valence-corrected chi connectivity index (χ2v) is 12.7. The smallest absolute Gasteiger partial charge is 0.407 e. The van der Waals surface area contributed by atoms with Crippen molar-refractivity contribution in [3.63, 3.8) is 0 Å². The van der Waals surface area contributed by atoms with Crippen LogP contribution in [0.15, 0.2) is 24.3 Å². The molecule has 1 aromatic carbocycles. The van der Waals surface area contributed by atoms with Crippen molar-refractivity contribution in [2.24, 2.45) is 11.7 Å². The van der Waals surface area contributed by atoms with Gasteiger partial charge in [-0.05, 0) is 62.5 Å². The fourth-order valence-electron chi connectivity index (χ4n) is 4.89. The molecule has 0 radical (unpaired) electrons. The Bertz CT molecular complexity index is 1280. The number of nitrogens with two attached hydrogens (primary N) is 1. The lowest BCUT2D eigenvalue weighted by atomic mass is 10.0. The van der Waals surface area contributed by atoms with Gasteiger partial charge in [-0.15, -0.1) is 0 Å². The summed E-state index contributed by atoms with van der Waals surface area (Å²) in [4.78, 5) is 87.7. The minimum atomic E-state index is -0.993. The molecule has 1 fully saturated rings. The van der Waals surface area contributed by atoms with Crippen LogP contribution in [0.4, 0.5) is 15.3 Å². The number of ether oxygens (including phenoxy) is 1. The van der Waals surface area contributed by atoms with E-state index in [0.717, 1.165) is 0 Å². The maximum absolute atomic E-state index is 13.4. The van der Waals surface area contributed by atoms with Crippen LogP contribution in [0.25, 0.3) is 0 Å². The minimum absolute atomic E-state index is 0.0489. The first kappa shape index (κ1) is 39.8. The summed E-state index contributed by atoms with van der Waals surface area (Å²) in [6.45, 7) is 6.34. The molecule has 1 aliphatic rings. The van der Waals surface area contributed by atoms with Crippen LogP contribution in [-0.2, 0) is 35.3 Å². The number of benzene rings is 1. The van der Waals surface area contributed by atoms with E-state index in [1.165, 1.54) is 16.7 Å². The summed E-state index contributed by atoms with van der Waals surface area (Å²) in [6.07, 6.45) is 3.86. The van der Waals surface area contributed by atoms with Crippen molar-refractivity contribution in [2.75, 3.05) is 31.2 Å². The number of carbonyl (C=O) groups excluding carboxylic acids is 7. The molecule has 0 spiro atoms. The van der Waals surface area contributed by atoms with Gasteiger partial charge in [0.15, 0.2) is 0 Å². The molecule has 1 aliphatic heterocycles. The number of likely N-dealkylation sites (tertiary alicyclic amines) is 1. The Morgan fingerprint density at radius 3 is 2.29 bits per heavy atom. The van der Waals surface area contributed by atoms with Crippen molar-refractivity contribution in [1.82, 2.24) is 26.2 Å². The second kappa shape index (κ2) is 20.8. The Morgan fingerprint density at radius 2 is 1.69 bits per heavy atom. The van der Waals surface area contributed by atoms with E-state index in [1.54, 1.807) is 51.3 Å². The fraction of sp³-hybridized carbons (Fsp3) is 0.594. The van der Waals surface area contributed by atoms with Gasteiger partial charge in [0.05, 0.1) is 5.25 Å². The summed E-state index contributed by atoms with van der Waals surface area (Å²) >= 11 is 1.37. The molecule has 0 bridgehead atoms. The molecule has 8 amide bonds. The molecule has 16 heteroatoms. The normalized spacial score (nSPS) is 15.4. The fourth-order valence-corrected chi connectivity index (χ4v) is 5.53. The number of urea groups is 1. The van der Waals surface area contributed by atoms with Crippen LogP contribution in [0.1, 0.15) is 71.3 Å². The third-order valence-corrected chi connectivity index (χ3v) is 8.49. The topological polar surface area (TPSA) is 218 Å². The number of anilines is 1. The molecule has 1 heterocycles. The Hall–Kier alpha value is -4.34. The van der Waals surface area contributed by atoms with Gasteiger partial charge >= 0.3 is 12.1 Å². The maximum atomic E-state index is 13.4. The van der Waals surface area contributed by atoms with E-state index < -0.39 is 36.0 Å². The second-order valence-electron chi connectivity index (χ2n) is 11.7. The summed E-state index contributed by atoms with van der Waals surface area (Å²) in [5, 5.41) is 13.0. The summed E-state index contributed by atoms with van der Waals surface area (Å²) < 4.78 is 5.10. The third kappa shape index (κ3) is 13.8. The molecule has 0 aliphatic carbocycles. The Kier molecular flexibility index (Phi) is 17.3. The monoisotopic (exact) mass is 691 g/mol. The van der Waals surface area contributed by atoms with Crippen molar-refractivity contribution in [1.29, 1.82) is 0 Å². The van der Waals surface area contributed by atoms with Gasteiger partial charge in [0.25, 0.3) is 0 Å². The molecule has 1 saturated heterocycles. The van der Waals surface area contributed by atoms with E-state index >= 15 is 0 Å². The van der Waals surface area contributed by atoms with Gasteiger partial charge in [0.2, 0.25) is 29.5 Å². The summed E-state index contributed by atoms with van der Waals surface area (Å²) in [5.74, 6) is -1.99. The lowest BCUT2D eigenvalue weighted by molar-refractivity contribution is -0.138. The van der Waals surface area contributed by atoms with Gasteiger partial charge < -0.3 is 37.1 Å². The van der Waals surface area contributed by atoms with Crippen molar-refractivity contribution in [2.45, 2.75) is 89.7 Å². The predicted octanol–water partition coefficient (Wildman–Crippen LogP) is 2.00. The Labute approximate surface area is 285 Å². The molecule has 0 saturated carbocycles. The maximum Gasteiger partial charge on any atom is 0.407 e. The molecular weight excluding hydrogens is 642 g/mol. The van der Waals surface area contributed by atoms with Crippen molar-refractivity contribution in [3.8, 4) is 0 Å². The van der Waals surface area contributed by atoms with Crippen molar-refractivity contribution < 1.29 is 38.3 Å². The lowest BCUT2D eigenvalue weighted by Gasteiger charge is -2.25. The Morgan fingerprint density at radius 1 is 0.979 bits per heavy atom. The molecule has 7 N–H and O–H groups in total. The van der Waals surface area contributed by atoms with E-state index in [-0.39, 0.29) is 61.3 Å². The van der Waals surface area contributed by atoms with Crippen LogP contribution in [0.2, 0.25) is 0 Å². The van der Waals surface area contributed by atoms with Gasteiger partial charge in [-0.1, -0.05) is 32.4 Å². The number of alkyl carbamates (subject to hydrolysis) is 1. The molecule has 15 nitrogen and oxygen atoms in total. The number of hydrogen-bond acceptors (Lipinski definition) is 9. The Balaban J connectivity index is 1.93. The number of primary amides is 1. The number of thioether (sulfide) groups is 1. The van der Waals surface area contributed by atoms with Crippen LogP contribution in [-0.4, -0.2) is 89.8 Å². The van der Waals surface area contributed by atoms with E-state index in [1.807, 2.05) is 0 Å². The first-order valence-corrected chi connectivity index (χ1v) is 17.4. The highest BCUT2D eigenvalue weighted by Gasteiger charge is 2.37. The average molecular weight is 692 g/mol. The molecule has 1 unspecified atom stereocenters.